The van der Waals surface area contributed by atoms with Crippen molar-refractivity contribution in [3.05, 3.63) is 86.4 Å². The number of nitrogens with zero attached hydrogens (tertiary/aromatic N) is 4. The van der Waals surface area contributed by atoms with Crippen LogP contribution in [0.2, 0.25) is 0 Å². The largest absolute Gasteiger partial charge is 0.397 e. The molecule has 0 saturated carbocycles. The second kappa shape index (κ2) is 8.94. The Balaban J connectivity index is 1.24. The van der Waals surface area contributed by atoms with E-state index in [1.165, 1.54) is 40.4 Å². The molecule has 1 amide bonds. The van der Waals surface area contributed by atoms with Crippen LogP contribution in [0, 0.1) is 10.1 Å². The third-order valence-electron chi connectivity index (χ3n) is 6.21. The maximum atomic E-state index is 13.1. The number of carbonyl (C=O) groups is 1. The van der Waals surface area contributed by atoms with Gasteiger partial charge in [-0.1, -0.05) is 41.7 Å². The molecule has 5 aromatic rings. The van der Waals surface area contributed by atoms with Crippen LogP contribution in [-0.2, 0) is 19.5 Å². The number of thiophene rings is 1. The molecule has 4 heterocycles. The van der Waals surface area contributed by atoms with E-state index in [1.807, 2.05) is 6.07 Å². The Labute approximate surface area is 213 Å². The molecule has 0 unspecified atom stereocenters. The van der Waals surface area contributed by atoms with E-state index < -0.39 is 4.92 Å². The number of thiazole rings is 1. The Kier molecular flexibility index (Phi) is 5.59. The lowest BCUT2D eigenvalue weighted by atomic mass is 10.0. The predicted octanol–water partition coefficient (Wildman–Crippen LogP) is 5.21. The van der Waals surface area contributed by atoms with Crippen molar-refractivity contribution < 1.29 is 9.72 Å². The number of nitrogens with one attached hydrogen (secondary N) is 1. The van der Waals surface area contributed by atoms with Gasteiger partial charge >= 0.3 is 0 Å². The lowest BCUT2D eigenvalue weighted by molar-refractivity contribution is -0.384. The molecule has 11 heteroatoms. The summed E-state index contributed by atoms with van der Waals surface area (Å²) in [5.41, 5.74) is 10.8. The summed E-state index contributed by atoms with van der Waals surface area (Å²) in [7, 11) is 0. The number of amides is 1. The van der Waals surface area contributed by atoms with Gasteiger partial charge in [-0.3, -0.25) is 25.1 Å². The zero-order valence-electron chi connectivity index (χ0n) is 18.9. The first-order valence-corrected chi connectivity index (χ1v) is 12.9. The summed E-state index contributed by atoms with van der Waals surface area (Å²) >= 11 is 2.45. The molecule has 9 nitrogen and oxygen atoms in total. The van der Waals surface area contributed by atoms with Gasteiger partial charge in [-0.25, -0.2) is 9.97 Å². The first kappa shape index (κ1) is 22.5. The maximum absolute atomic E-state index is 13.1. The van der Waals surface area contributed by atoms with Gasteiger partial charge in [0.05, 0.1) is 20.8 Å². The highest BCUT2D eigenvalue weighted by atomic mass is 32.1. The average Bonchev–Trinajstić information content (AvgIpc) is 3.42. The van der Waals surface area contributed by atoms with Crippen LogP contribution < -0.4 is 11.1 Å². The quantitative estimate of drug-likeness (QED) is 0.243. The van der Waals surface area contributed by atoms with E-state index in [0.29, 0.717) is 25.9 Å². The van der Waals surface area contributed by atoms with Crippen LogP contribution in [0.25, 0.3) is 20.4 Å². The third kappa shape index (κ3) is 4.17. The number of nitro benzene ring substituents is 1. The van der Waals surface area contributed by atoms with Gasteiger partial charge in [0.25, 0.3) is 11.6 Å². The summed E-state index contributed by atoms with van der Waals surface area (Å²) in [6.45, 7) is 2.57. The van der Waals surface area contributed by atoms with Crippen molar-refractivity contribution >= 4 is 65.5 Å². The number of hydrogen-bond donors (Lipinski definition) is 2. The van der Waals surface area contributed by atoms with Crippen molar-refractivity contribution in [1.29, 1.82) is 0 Å². The molecule has 1 aliphatic rings. The fraction of sp³-hybridized carbons (Fsp3) is 0.160. The number of aromatic nitrogens is 2. The Morgan fingerprint density at radius 1 is 1.14 bits per heavy atom. The van der Waals surface area contributed by atoms with E-state index >= 15 is 0 Å². The lowest BCUT2D eigenvalue weighted by Gasteiger charge is -2.28. The molecule has 0 fully saturated rings. The number of pyridine rings is 1. The molecule has 3 N–H and O–H groups in total. The topological polar surface area (TPSA) is 127 Å². The molecule has 0 atom stereocenters. The number of hydrogen-bond acceptors (Lipinski definition) is 9. The second-order valence-corrected chi connectivity index (χ2v) is 10.7. The van der Waals surface area contributed by atoms with E-state index in [9.17, 15) is 14.9 Å². The summed E-state index contributed by atoms with van der Waals surface area (Å²) in [6, 6.07) is 16.9. The number of non-ortho nitro benzene ring substituents is 1. The summed E-state index contributed by atoms with van der Waals surface area (Å²) in [4.78, 5) is 36.4. The van der Waals surface area contributed by atoms with E-state index in [2.05, 4.69) is 45.5 Å². The molecule has 3 aromatic heterocycles. The zero-order valence-corrected chi connectivity index (χ0v) is 20.6. The molecule has 0 bridgehead atoms. The first-order valence-electron chi connectivity index (χ1n) is 11.3. The van der Waals surface area contributed by atoms with Gasteiger partial charge in [0.15, 0.2) is 5.13 Å². The number of nitrogen functional groups attached to an aromatic ring is 1. The molecular formula is C25H20N6O3S2. The van der Waals surface area contributed by atoms with Crippen LogP contribution in [0.1, 0.15) is 26.5 Å². The van der Waals surface area contributed by atoms with Crippen LogP contribution in [0.15, 0.2) is 54.6 Å². The highest BCUT2D eigenvalue weighted by Gasteiger charge is 2.23. The SMILES string of the molecule is Nc1c(C(=O)Nc2nc3ccc([N+](=O)[O-])cc3s2)sc2nc3c(cc12)CN(Cc1ccccc1)CC3. The molecule has 0 spiro atoms. The third-order valence-corrected chi connectivity index (χ3v) is 8.25. The van der Waals surface area contributed by atoms with Crippen molar-refractivity contribution in [3.63, 3.8) is 0 Å². The summed E-state index contributed by atoms with van der Waals surface area (Å²) in [6.07, 6.45) is 0.843. The van der Waals surface area contributed by atoms with E-state index in [4.69, 9.17) is 10.7 Å². The Bertz CT molecular complexity index is 1650. The second-order valence-electron chi connectivity index (χ2n) is 8.62. The summed E-state index contributed by atoms with van der Waals surface area (Å²) in [5, 5.41) is 15.0. The number of benzene rings is 2. The van der Waals surface area contributed by atoms with Gasteiger partial charge in [-0.2, -0.15) is 0 Å². The van der Waals surface area contributed by atoms with Crippen molar-refractivity contribution in [3.8, 4) is 0 Å². The van der Waals surface area contributed by atoms with Gasteiger partial charge in [-0.15, -0.1) is 11.3 Å². The molecule has 0 saturated heterocycles. The number of anilines is 2. The molecule has 36 heavy (non-hydrogen) atoms. The number of nitrogens with two attached hydrogens (primary N) is 1. The minimum absolute atomic E-state index is 0.0184. The van der Waals surface area contributed by atoms with Crippen molar-refractivity contribution in [1.82, 2.24) is 14.9 Å². The van der Waals surface area contributed by atoms with Gasteiger partial charge in [0, 0.05) is 49.3 Å². The standard InChI is InChI=1S/C25H20N6O3S2/c26-21-17-10-15-13-30(12-14-4-2-1-3-5-14)9-8-18(15)27-24(17)36-22(21)23(32)29-25-28-19-7-6-16(31(33)34)11-20(19)35-25/h1-7,10-11H,8-9,12-13,26H2,(H,28,29,32). The lowest BCUT2D eigenvalue weighted by Crippen LogP contribution is -2.30. The van der Waals surface area contributed by atoms with Gasteiger partial charge in [0.1, 0.15) is 9.71 Å². The monoisotopic (exact) mass is 516 g/mol. The summed E-state index contributed by atoms with van der Waals surface area (Å²) < 4.78 is 0.623. The van der Waals surface area contributed by atoms with Gasteiger partial charge in [-0.05, 0) is 23.3 Å². The summed E-state index contributed by atoms with van der Waals surface area (Å²) in [5.74, 6) is -0.368. The zero-order chi connectivity index (χ0) is 24.8. The van der Waals surface area contributed by atoms with Crippen molar-refractivity contribution in [2.24, 2.45) is 0 Å². The van der Waals surface area contributed by atoms with Crippen LogP contribution in [0.5, 0.6) is 0 Å². The number of fused-ring (bicyclic) bond motifs is 3. The predicted molar refractivity (Wildman–Crippen MR) is 143 cm³/mol. The highest BCUT2D eigenvalue weighted by molar-refractivity contribution is 7.23. The van der Waals surface area contributed by atoms with Gasteiger partial charge < -0.3 is 5.73 Å². The van der Waals surface area contributed by atoms with E-state index in [1.54, 1.807) is 6.07 Å². The minimum Gasteiger partial charge on any atom is -0.397 e. The number of rotatable bonds is 5. The van der Waals surface area contributed by atoms with Crippen LogP contribution in [0.4, 0.5) is 16.5 Å². The highest BCUT2D eigenvalue weighted by Crippen LogP contribution is 2.36. The number of carbonyl (C=O) groups excluding carboxylic acids is 1. The molecule has 0 radical (unpaired) electrons. The van der Waals surface area contributed by atoms with E-state index in [-0.39, 0.29) is 11.6 Å². The average molecular weight is 517 g/mol. The number of nitro groups is 1. The van der Waals surface area contributed by atoms with Crippen LogP contribution in [-0.4, -0.2) is 32.2 Å². The molecule has 2 aromatic carbocycles. The van der Waals surface area contributed by atoms with Crippen LogP contribution in [0.3, 0.4) is 0 Å². The Hall–Kier alpha value is -3.93. The molecule has 6 rings (SSSR count). The smallest absolute Gasteiger partial charge is 0.270 e. The molecule has 0 aliphatic carbocycles. The Morgan fingerprint density at radius 3 is 2.78 bits per heavy atom. The van der Waals surface area contributed by atoms with Crippen LogP contribution >= 0.6 is 22.7 Å². The van der Waals surface area contributed by atoms with Crippen molar-refractivity contribution in [2.45, 2.75) is 19.5 Å². The maximum Gasteiger partial charge on any atom is 0.270 e. The molecular weight excluding hydrogens is 496 g/mol. The molecule has 180 valence electrons. The minimum atomic E-state index is -0.456. The molecule has 1 aliphatic heterocycles. The fourth-order valence-electron chi connectivity index (χ4n) is 4.44. The van der Waals surface area contributed by atoms with Gasteiger partial charge in [0.2, 0.25) is 0 Å². The normalized spacial score (nSPS) is 13.7. The Morgan fingerprint density at radius 2 is 1.97 bits per heavy atom. The van der Waals surface area contributed by atoms with Crippen molar-refractivity contribution in [2.75, 3.05) is 17.6 Å². The first-order chi connectivity index (χ1) is 17.4. The van der Waals surface area contributed by atoms with E-state index in [0.717, 1.165) is 47.5 Å². The fourth-order valence-corrected chi connectivity index (χ4v) is 6.32.